The summed E-state index contributed by atoms with van der Waals surface area (Å²) < 4.78 is 31.3. The van der Waals surface area contributed by atoms with E-state index in [4.69, 9.17) is 0 Å². The van der Waals surface area contributed by atoms with Crippen LogP contribution in [0.1, 0.15) is 33.1 Å². The van der Waals surface area contributed by atoms with Crippen molar-refractivity contribution in [2.24, 2.45) is 20.0 Å². The van der Waals surface area contributed by atoms with Gasteiger partial charge in [0.15, 0.2) is 0 Å². The van der Waals surface area contributed by atoms with Crippen LogP contribution in [-0.2, 0) is 28.9 Å². The zero-order valence-electron chi connectivity index (χ0n) is 16.8. The lowest BCUT2D eigenvalue weighted by Crippen LogP contribution is -2.46. The van der Waals surface area contributed by atoms with Crippen molar-refractivity contribution in [2.45, 2.75) is 44.0 Å². The topological polar surface area (TPSA) is 93.4 Å². The van der Waals surface area contributed by atoms with E-state index in [1.54, 1.807) is 20.2 Å². The van der Waals surface area contributed by atoms with Crippen LogP contribution >= 0.6 is 0 Å². The largest absolute Gasteiger partial charge is 0.343 e. The van der Waals surface area contributed by atoms with Gasteiger partial charge in [0, 0.05) is 39.6 Å². The fourth-order valence-electron chi connectivity index (χ4n) is 3.67. The molecule has 2 aromatic rings. The number of aromatic nitrogens is 2. The molecule has 1 N–H and O–H groups in total. The van der Waals surface area contributed by atoms with Gasteiger partial charge in [0.05, 0.1) is 15.9 Å². The summed E-state index contributed by atoms with van der Waals surface area (Å²) in [4.78, 5) is 26.2. The van der Waals surface area contributed by atoms with Crippen molar-refractivity contribution >= 4 is 27.0 Å². The predicted octanol–water partition coefficient (Wildman–Crippen LogP) is 1.19. The van der Waals surface area contributed by atoms with Crippen molar-refractivity contribution in [2.75, 3.05) is 13.1 Å². The number of nitrogens with one attached hydrogen (secondary N) is 1. The Morgan fingerprint density at radius 2 is 1.75 bits per heavy atom. The molecular weight excluding hydrogens is 380 g/mol. The van der Waals surface area contributed by atoms with Crippen LogP contribution in [0.5, 0.6) is 0 Å². The number of imidazole rings is 1. The monoisotopic (exact) mass is 408 g/mol. The normalized spacial score (nSPS) is 16.2. The number of amides is 1. The first-order valence-corrected chi connectivity index (χ1v) is 11.0. The molecule has 1 aliphatic heterocycles. The van der Waals surface area contributed by atoms with Crippen LogP contribution in [0.25, 0.3) is 11.0 Å². The molecule has 1 aliphatic rings. The van der Waals surface area contributed by atoms with Crippen molar-refractivity contribution in [1.29, 1.82) is 0 Å². The molecule has 0 unspecified atom stereocenters. The molecule has 1 aromatic carbocycles. The molecule has 0 aliphatic carbocycles. The zero-order chi connectivity index (χ0) is 20.6. The van der Waals surface area contributed by atoms with Gasteiger partial charge >= 0.3 is 5.69 Å². The summed E-state index contributed by atoms with van der Waals surface area (Å²) in [5.74, 6) is 0.444. The summed E-state index contributed by atoms with van der Waals surface area (Å²) in [5.41, 5.74) is 1.06. The van der Waals surface area contributed by atoms with E-state index >= 15 is 0 Å². The fraction of sp³-hybridized carbons (Fsp3) is 0.579. The van der Waals surface area contributed by atoms with E-state index in [1.807, 2.05) is 18.7 Å². The maximum absolute atomic E-state index is 12.8. The van der Waals surface area contributed by atoms with E-state index in [0.29, 0.717) is 49.3 Å². The molecular formula is C19H28N4O4S. The van der Waals surface area contributed by atoms with Gasteiger partial charge in [-0.25, -0.2) is 17.9 Å². The van der Waals surface area contributed by atoms with Gasteiger partial charge in [-0.2, -0.15) is 0 Å². The van der Waals surface area contributed by atoms with E-state index in [2.05, 4.69) is 4.72 Å². The average Bonchev–Trinajstić information content (AvgIpc) is 2.85. The molecule has 1 fully saturated rings. The van der Waals surface area contributed by atoms with E-state index in [1.165, 1.54) is 21.3 Å². The van der Waals surface area contributed by atoms with Crippen molar-refractivity contribution in [3.05, 3.63) is 28.7 Å². The van der Waals surface area contributed by atoms with Crippen LogP contribution in [0.3, 0.4) is 0 Å². The van der Waals surface area contributed by atoms with Gasteiger partial charge < -0.3 is 4.90 Å². The number of sulfonamides is 1. The average molecular weight is 409 g/mol. The molecule has 0 radical (unpaired) electrons. The number of likely N-dealkylation sites (tertiary alicyclic amines) is 1. The number of nitrogens with zero attached hydrogens (tertiary/aromatic N) is 3. The molecule has 8 nitrogen and oxygen atoms in total. The summed E-state index contributed by atoms with van der Waals surface area (Å²) in [5, 5.41) is 0. The van der Waals surface area contributed by atoms with Crippen LogP contribution in [-0.4, -0.2) is 47.5 Å². The third kappa shape index (κ3) is 4.00. The summed E-state index contributed by atoms with van der Waals surface area (Å²) >= 11 is 0. The van der Waals surface area contributed by atoms with Gasteiger partial charge in [0.25, 0.3) is 0 Å². The number of piperidine rings is 1. The first kappa shape index (κ1) is 20.6. The van der Waals surface area contributed by atoms with E-state index < -0.39 is 10.0 Å². The Labute approximate surface area is 165 Å². The smallest absolute Gasteiger partial charge is 0.328 e. The predicted molar refractivity (Wildman–Crippen MR) is 108 cm³/mol. The highest BCUT2D eigenvalue weighted by Gasteiger charge is 2.27. The van der Waals surface area contributed by atoms with Crippen molar-refractivity contribution in [3.8, 4) is 0 Å². The molecule has 154 valence electrons. The van der Waals surface area contributed by atoms with Crippen LogP contribution in [0, 0.1) is 5.92 Å². The van der Waals surface area contributed by atoms with Gasteiger partial charge in [-0.3, -0.25) is 13.9 Å². The Hall–Kier alpha value is -2.13. The molecule has 1 aromatic heterocycles. The number of carbonyl (C=O) groups is 1. The molecule has 0 spiro atoms. The lowest BCUT2D eigenvalue weighted by Gasteiger charge is -2.32. The summed E-state index contributed by atoms with van der Waals surface area (Å²) in [6.07, 6.45) is 1.70. The minimum atomic E-state index is -3.71. The van der Waals surface area contributed by atoms with Gasteiger partial charge in [-0.05, 0) is 37.0 Å². The van der Waals surface area contributed by atoms with Gasteiger partial charge in [0.1, 0.15) is 0 Å². The van der Waals surface area contributed by atoms with E-state index in [-0.39, 0.29) is 22.5 Å². The SMILES string of the molecule is CC(C)CC(=O)N1CCC(NS(=O)(=O)c2ccc3c(c2)n(C)c(=O)n3C)CC1. The number of hydrogen-bond acceptors (Lipinski definition) is 4. The van der Waals surface area contributed by atoms with E-state index in [0.717, 1.165) is 0 Å². The van der Waals surface area contributed by atoms with Gasteiger partial charge in [0.2, 0.25) is 15.9 Å². The zero-order valence-corrected chi connectivity index (χ0v) is 17.6. The van der Waals surface area contributed by atoms with Crippen molar-refractivity contribution in [3.63, 3.8) is 0 Å². The Bertz CT molecular complexity index is 1040. The van der Waals surface area contributed by atoms with Crippen LogP contribution in [0.15, 0.2) is 27.9 Å². The third-order valence-electron chi connectivity index (χ3n) is 5.31. The Morgan fingerprint density at radius 1 is 1.14 bits per heavy atom. The first-order chi connectivity index (χ1) is 13.1. The minimum Gasteiger partial charge on any atom is -0.343 e. The molecule has 9 heteroatoms. The fourth-order valence-corrected chi connectivity index (χ4v) is 4.99. The van der Waals surface area contributed by atoms with Gasteiger partial charge in [-0.1, -0.05) is 13.8 Å². The van der Waals surface area contributed by atoms with E-state index in [9.17, 15) is 18.0 Å². The van der Waals surface area contributed by atoms with Crippen LogP contribution in [0.4, 0.5) is 0 Å². The highest BCUT2D eigenvalue weighted by molar-refractivity contribution is 7.89. The van der Waals surface area contributed by atoms with Crippen LogP contribution < -0.4 is 10.4 Å². The molecule has 0 atom stereocenters. The maximum atomic E-state index is 12.8. The number of hydrogen-bond donors (Lipinski definition) is 1. The molecule has 1 amide bonds. The lowest BCUT2D eigenvalue weighted by molar-refractivity contribution is -0.133. The lowest BCUT2D eigenvalue weighted by atomic mass is 10.0. The molecule has 3 rings (SSSR count). The first-order valence-electron chi connectivity index (χ1n) is 9.55. The molecule has 1 saturated heterocycles. The number of rotatable bonds is 5. The maximum Gasteiger partial charge on any atom is 0.328 e. The summed E-state index contributed by atoms with van der Waals surface area (Å²) in [6, 6.07) is 4.49. The number of fused-ring (bicyclic) bond motifs is 1. The summed E-state index contributed by atoms with van der Waals surface area (Å²) in [7, 11) is -0.425. The second kappa shape index (κ2) is 7.71. The summed E-state index contributed by atoms with van der Waals surface area (Å²) in [6.45, 7) is 5.15. The molecule has 0 bridgehead atoms. The Balaban J connectivity index is 1.71. The second-order valence-electron chi connectivity index (χ2n) is 7.93. The second-order valence-corrected chi connectivity index (χ2v) is 9.64. The number of carbonyl (C=O) groups excluding carboxylic acids is 1. The number of benzene rings is 1. The van der Waals surface area contributed by atoms with Gasteiger partial charge in [-0.15, -0.1) is 0 Å². The molecule has 0 saturated carbocycles. The quantitative estimate of drug-likeness (QED) is 0.804. The molecule has 28 heavy (non-hydrogen) atoms. The highest BCUT2D eigenvalue weighted by atomic mass is 32.2. The van der Waals surface area contributed by atoms with Crippen LogP contribution in [0.2, 0.25) is 0 Å². The Kier molecular flexibility index (Phi) is 5.67. The number of aryl methyl sites for hydroxylation is 2. The highest BCUT2D eigenvalue weighted by Crippen LogP contribution is 2.20. The molecule has 2 heterocycles. The van der Waals surface area contributed by atoms with Crippen molar-refractivity contribution < 1.29 is 13.2 Å². The Morgan fingerprint density at radius 3 is 2.36 bits per heavy atom. The third-order valence-corrected chi connectivity index (χ3v) is 6.82. The standard InChI is InChI=1S/C19H28N4O4S/c1-13(2)11-18(24)23-9-7-14(8-10-23)20-28(26,27)15-5-6-16-17(12-15)22(4)19(25)21(16)3/h5-6,12-14,20H,7-11H2,1-4H3. The minimum absolute atomic E-state index is 0.131. The van der Waals surface area contributed by atoms with Crippen molar-refractivity contribution in [1.82, 2.24) is 18.8 Å².